The number of rotatable bonds is 6. The number of aliphatic hydroxyl groups is 1. The van der Waals surface area contributed by atoms with E-state index in [4.69, 9.17) is 16.3 Å². The van der Waals surface area contributed by atoms with Crippen LogP contribution in [0.5, 0.6) is 0 Å². The molecule has 1 aliphatic heterocycles. The Hall–Kier alpha value is -1.30. The van der Waals surface area contributed by atoms with Crippen molar-refractivity contribution < 1.29 is 14.6 Å². The molecule has 2 N–H and O–H groups in total. The Morgan fingerprint density at radius 1 is 1.33 bits per heavy atom. The zero-order valence-electron chi connectivity index (χ0n) is 11.9. The van der Waals surface area contributed by atoms with Gasteiger partial charge >= 0.3 is 0 Å². The number of carbonyl (C=O) groups excluding carboxylic acids is 1. The fraction of sp³-hybridized carbons (Fsp3) is 0.533. The molecule has 0 aromatic heterocycles. The molecule has 1 aliphatic rings. The first kappa shape index (κ1) is 16.1. The molecule has 1 heterocycles. The van der Waals surface area contributed by atoms with Gasteiger partial charge in [-0.3, -0.25) is 4.79 Å². The van der Waals surface area contributed by atoms with E-state index in [1.165, 1.54) is 0 Å². The second-order valence-corrected chi connectivity index (χ2v) is 5.33. The van der Waals surface area contributed by atoms with E-state index >= 15 is 0 Å². The van der Waals surface area contributed by atoms with Crippen molar-refractivity contribution >= 4 is 23.2 Å². The highest BCUT2D eigenvalue weighted by Gasteiger charge is 2.13. The number of morpholine rings is 1. The topological polar surface area (TPSA) is 61.8 Å². The minimum atomic E-state index is -0.706. The Labute approximate surface area is 129 Å². The molecule has 2 rings (SSSR count). The molecule has 116 valence electrons. The third kappa shape index (κ3) is 4.88. The number of nitrogens with zero attached hydrogens (tertiary/aromatic N) is 1. The molecular weight excluding hydrogens is 292 g/mol. The molecule has 1 fully saturated rings. The molecule has 5 nitrogen and oxygen atoms in total. The lowest BCUT2D eigenvalue weighted by Crippen LogP contribution is -2.36. The first-order chi connectivity index (χ1) is 10.2. The van der Waals surface area contributed by atoms with Crippen molar-refractivity contribution in [2.24, 2.45) is 0 Å². The quantitative estimate of drug-likeness (QED) is 0.777. The van der Waals surface area contributed by atoms with Gasteiger partial charge in [0.15, 0.2) is 0 Å². The van der Waals surface area contributed by atoms with Gasteiger partial charge in [-0.05, 0) is 17.7 Å². The van der Waals surface area contributed by atoms with Crippen LogP contribution < -0.4 is 10.2 Å². The molecular formula is C15H21ClN2O3. The maximum atomic E-state index is 11.3. The number of ether oxygens (including phenoxy) is 1. The average Bonchev–Trinajstić information content (AvgIpc) is 2.54. The minimum Gasteiger partial charge on any atom is -0.387 e. The number of hydrogen-bond donors (Lipinski definition) is 2. The zero-order chi connectivity index (χ0) is 15.1. The molecule has 0 saturated carbocycles. The molecule has 1 saturated heterocycles. The number of aliphatic hydroxyl groups excluding tert-OH is 1. The maximum absolute atomic E-state index is 11.3. The van der Waals surface area contributed by atoms with Gasteiger partial charge in [-0.2, -0.15) is 0 Å². The number of nitrogens with one attached hydrogen (secondary N) is 1. The van der Waals surface area contributed by atoms with E-state index in [0.717, 1.165) is 37.6 Å². The van der Waals surface area contributed by atoms with Crippen molar-refractivity contribution in [3.05, 3.63) is 29.8 Å². The maximum Gasteiger partial charge on any atom is 0.221 e. The predicted molar refractivity (Wildman–Crippen MR) is 82.8 cm³/mol. The Balaban J connectivity index is 1.87. The third-order valence-corrected chi connectivity index (χ3v) is 3.66. The smallest absolute Gasteiger partial charge is 0.221 e. The lowest BCUT2D eigenvalue weighted by atomic mass is 10.1. The molecule has 0 radical (unpaired) electrons. The minimum absolute atomic E-state index is 0.144. The average molecular weight is 313 g/mol. The molecule has 1 unspecified atom stereocenters. The molecule has 1 atom stereocenters. The van der Waals surface area contributed by atoms with Crippen LogP contribution in [0.25, 0.3) is 0 Å². The molecule has 0 bridgehead atoms. The first-order valence-electron chi connectivity index (χ1n) is 7.14. The normalized spacial score (nSPS) is 16.6. The van der Waals surface area contributed by atoms with Gasteiger partial charge in [0.25, 0.3) is 0 Å². The lowest BCUT2D eigenvalue weighted by Gasteiger charge is -2.29. The molecule has 6 heteroatoms. The summed E-state index contributed by atoms with van der Waals surface area (Å²) in [7, 11) is 0. The van der Waals surface area contributed by atoms with Crippen LogP contribution >= 0.6 is 11.6 Å². The van der Waals surface area contributed by atoms with Gasteiger partial charge in [-0.15, -0.1) is 11.6 Å². The van der Waals surface area contributed by atoms with Crippen molar-refractivity contribution in [2.75, 3.05) is 43.6 Å². The van der Waals surface area contributed by atoms with Crippen molar-refractivity contribution in [3.8, 4) is 0 Å². The van der Waals surface area contributed by atoms with Crippen molar-refractivity contribution in [3.63, 3.8) is 0 Å². The van der Waals surface area contributed by atoms with Gasteiger partial charge in [-0.1, -0.05) is 12.1 Å². The number of halogens is 1. The van der Waals surface area contributed by atoms with Gasteiger partial charge in [0.2, 0.25) is 5.91 Å². The van der Waals surface area contributed by atoms with Crippen LogP contribution in [0.15, 0.2) is 24.3 Å². The van der Waals surface area contributed by atoms with Crippen LogP contribution in [0.1, 0.15) is 18.1 Å². The Morgan fingerprint density at radius 3 is 2.62 bits per heavy atom. The zero-order valence-corrected chi connectivity index (χ0v) is 12.7. The fourth-order valence-electron chi connectivity index (χ4n) is 2.23. The highest BCUT2D eigenvalue weighted by Crippen LogP contribution is 2.20. The molecule has 1 amide bonds. The Bertz CT molecular complexity index is 447. The highest BCUT2D eigenvalue weighted by atomic mass is 35.5. The molecule has 0 aliphatic carbocycles. The van der Waals surface area contributed by atoms with Crippen LogP contribution in [0.3, 0.4) is 0 Å². The second-order valence-electron chi connectivity index (χ2n) is 4.95. The standard InChI is InChI=1S/C15H21ClN2O3/c16-6-5-15(20)17-11-14(19)12-1-3-13(4-2-12)18-7-9-21-10-8-18/h1-4,14,19H,5-11H2,(H,17,20). The van der Waals surface area contributed by atoms with Gasteiger partial charge in [0.1, 0.15) is 0 Å². The number of carbonyl (C=O) groups is 1. The summed E-state index contributed by atoms with van der Waals surface area (Å²) in [5, 5.41) is 12.7. The van der Waals surface area contributed by atoms with E-state index in [-0.39, 0.29) is 24.8 Å². The largest absolute Gasteiger partial charge is 0.387 e. The van der Waals surface area contributed by atoms with Gasteiger partial charge in [0, 0.05) is 37.6 Å². The van der Waals surface area contributed by atoms with Crippen molar-refractivity contribution in [1.29, 1.82) is 0 Å². The summed E-state index contributed by atoms with van der Waals surface area (Å²) in [6, 6.07) is 7.77. The molecule has 1 aromatic rings. The van der Waals surface area contributed by atoms with E-state index in [1.807, 2.05) is 24.3 Å². The second kappa shape index (κ2) is 8.22. The van der Waals surface area contributed by atoms with E-state index in [0.29, 0.717) is 0 Å². The van der Waals surface area contributed by atoms with Crippen LogP contribution in [-0.4, -0.2) is 49.7 Å². The number of alkyl halides is 1. The predicted octanol–water partition coefficient (Wildman–Crippen LogP) is 1.30. The number of anilines is 1. The third-order valence-electron chi connectivity index (χ3n) is 3.47. The SMILES string of the molecule is O=C(CCCl)NCC(O)c1ccc(N2CCOCC2)cc1. The van der Waals surface area contributed by atoms with E-state index < -0.39 is 6.10 Å². The highest BCUT2D eigenvalue weighted by molar-refractivity contribution is 6.18. The van der Waals surface area contributed by atoms with Gasteiger partial charge < -0.3 is 20.1 Å². The summed E-state index contributed by atoms with van der Waals surface area (Å²) in [6.07, 6.45) is -0.437. The van der Waals surface area contributed by atoms with E-state index in [2.05, 4.69) is 10.2 Å². The summed E-state index contributed by atoms with van der Waals surface area (Å²) in [5.74, 6) is 0.143. The summed E-state index contributed by atoms with van der Waals surface area (Å²) in [5.41, 5.74) is 1.92. The summed E-state index contributed by atoms with van der Waals surface area (Å²) >= 11 is 5.48. The number of hydrogen-bond acceptors (Lipinski definition) is 4. The van der Waals surface area contributed by atoms with Crippen LogP contribution in [0.2, 0.25) is 0 Å². The van der Waals surface area contributed by atoms with Crippen LogP contribution in [0.4, 0.5) is 5.69 Å². The summed E-state index contributed by atoms with van der Waals surface area (Å²) in [4.78, 5) is 13.6. The summed E-state index contributed by atoms with van der Waals surface area (Å²) in [6.45, 7) is 3.47. The fourth-order valence-corrected chi connectivity index (χ4v) is 2.40. The monoisotopic (exact) mass is 312 g/mol. The number of benzene rings is 1. The Kier molecular flexibility index (Phi) is 6.29. The summed E-state index contributed by atoms with van der Waals surface area (Å²) < 4.78 is 5.33. The number of amides is 1. The molecule has 0 spiro atoms. The van der Waals surface area contributed by atoms with Crippen LogP contribution in [0, 0.1) is 0 Å². The van der Waals surface area contributed by atoms with Gasteiger partial charge in [0.05, 0.1) is 19.3 Å². The van der Waals surface area contributed by atoms with Crippen molar-refractivity contribution in [1.82, 2.24) is 5.32 Å². The molecule has 21 heavy (non-hydrogen) atoms. The Morgan fingerprint density at radius 2 is 2.00 bits per heavy atom. The van der Waals surface area contributed by atoms with E-state index in [1.54, 1.807) is 0 Å². The van der Waals surface area contributed by atoms with Crippen LogP contribution in [-0.2, 0) is 9.53 Å². The lowest BCUT2D eigenvalue weighted by molar-refractivity contribution is -0.121. The first-order valence-corrected chi connectivity index (χ1v) is 7.67. The van der Waals surface area contributed by atoms with E-state index in [9.17, 15) is 9.90 Å². The van der Waals surface area contributed by atoms with Crippen molar-refractivity contribution in [2.45, 2.75) is 12.5 Å². The van der Waals surface area contributed by atoms with Gasteiger partial charge in [-0.25, -0.2) is 0 Å². The molecule has 1 aromatic carbocycles.